The SMILES string of the molecule is CC(C)(C)c1cc(Oc2ccc([N+](=O)[O-])cc2[N+](=O)[O-])c(C(C)(C)C)cc1Oc1ccc([N+](=O)[O-])cc1[N+](=O)[O-]. The highest BCUT2D eigenvalue weighted by Gasteiger charge is 2.31. The number of nitro groups is 4. The standard InChI is InChI=1S/C26H26N4O10/c1-25(2,3)17-13-24(40-22-10-8-16(28(33)34)12-20(22)30(37)38)18(26(4,5)6)14-23(17)39-21-9-7-15(27(31)32)11-19(21)29(35)36/h7-14H,1-6H3. The smallest absolute Gasteiger partial charge is 0.318 e. The summed E-state index contributed by atoms with van der Waals surface area (Å²) in [5.74, 6) is -0.0267. The average Bonchev–Trinajstić information content (AvgIpc) is 2.83. The fourth-order valence-electron chi connectivity index (χ4n) is 3.83. The third-order valence-corrected chi connectivity index (χ3v) is 5.84. The van der Waals surface area contributed by atoms with Crippen molar-refractivity contribution < 1.29 is 29.2 Å². The first kappa shape index (κ1) is 29.4. The Kier molecular flexibility index (Phi) is 7.76. The molecule has 0 amide bonds. The zero-order valence-electron chi connectivity index (χ0n) is 22.5. The van der Waals surface area contributed by atoms with Crippen molar-refractivity contribution in [3.63, 3.8) is 0 Å². The predicted octanol–water partition coefficient (Wildman–Crippen LogP) is 7.50. The molecular formula is C26H26N4O10. The molecule has 0 aromatic heterocycles. The van der Waals surface area contributed by atoms with Gasteiger partial charge in [0.2, 0.25) is 11.5 Å². The number of hydrogen-bond donors (Lipinski definition) is 0. The van der Waals surface area contributed by atoms with E-state index < -0.39 is 53.3 Å². The van der Waals surface area contributed by atoms with Gasteiger partial charge in [0.25, 0.3) is 11.4 Å². The topological polar surface area (TPSA) is 191 Å². The molecule has 0 bridgehead atoms. The molecule has 0 radical (unpaired) electrons. The van der Waals surface area contributed by atoms with E-state index in [4.69, 9.17) is 9.47 Å². The van der Waals surface area contributed by atoms with Gasteiger partial charge in [0.1, 0.15) is 11.5 Å². The van der Waals surface area contributed by atoms with Crippen LogP contribution in [0.2, 0.25) is 0 Å². The van der Waals surface area contributed by atoms with Gasteiger partial charge < -0.3 is 9.47 Å². The van der Waals surface area contributed by atoms with E-state index in [-0.39, 0.29) is 23.0 Å². The summed E-state index contributed by atoms with van der Waals surface area (Å²) in [7, 11) is 0. The number of hydrogen-bond acceptors (Lipinski definition) is 10. The van der Waals surface area contributed by atoms with Crippen LogP contribution in [-0.2, 0) is 10.8 Å². The molecule has 0 atom stereocenters. The van der Waals surface area contributed by atoms with Gasteiger partial charge in [-0.2, -0.15) is 0 Å². The first-order chi connectivity index (χ1) is 18.4. The molecule has 0 saturated carbocycles. The summed E-state index contributed by atoms with van der Waals surface area (Å²) < 4.78 is 12.0. The zero-order chi connectivity index (χ0) is 30.2. The molecule has 0 heterocycles. The van der Waals surface area contributed by atoms with Crippen molar-refractivity contribution in [1.29, 1.82) is 0 Å². The van der Waals surface area contributed by atoms with Crippen LogP contribution in [0, 0.1) is 40.5 Å². The normalized spacial score (nSPS) is 11.6. The Morgan fingerprint density at radius 1 is 0.500 bits per heavy atom. The minimum atomic E-state index is -0.783. The quantitative estimate of drug-likeness (QED) is 0.199. The van der Waals surface area contributed by atoms with E-state index in [2.05, 4.69) is 0 Å². The first-order valence-electron chi connectivity index (χ1n) is 11.8. The second-order valence-electron chi connectivity index (χ2n) is 10.9. The van der Waals surface area contributed by atoms with Crippen LogP contribution in [0.5, 0.6) is 23.0 Å². The van der Waals surface area contributed by atoms with Crippen LogP contribution < -0.4 is 9.47 Å². The van der Waals surface area contributed by atoms with Crippen LogP contribution in [0.3, 0.4) is 0 Å². The Balaban J connectivity index is 2.24. The number of nitrogens with zero attached hydrogens (tertiary/aromatic N) is 4. The van der Waals surface area contributed by atoms with Gasteiger partial charge in [0, 0.05) is 23.3 Å². The number of ether oxygens (including phenoxy) is 2. The van der Waals surface area contributed by atoms with Crippen molar-refractivity contribution >= 4 is 22.7 Å². The second-order valence-corrected chi connectivity index (χ2v) is 10.9. The third kappa shape index (κ3) is 6.28. The van der Waals surface area contributed by atoms with Gasteiger partial charge in [-0.25, -0.2) is 0 Å². The molecule has 0 aliphatic rings. The molecule has 0 spiro atoms. The number of non-ortho nitro benzene ring substituents is 2. The van der Waals surface area contributed by atoms with Gasteiger partial charge in [-0.05, 0) is 35.1 Å². The lowest BCUT2D eigenvalue weighted by molar-refractivity contribution is -0.394. The second kappa shape index (κ2) is 10.6. The fraction of sp³-hybridized carbons (Fsp3) is 0.308. The van der Waals surface area contributed by atoms with Crippen molar-refractivity contribution in [2.75, 3.05) is 0 Å². The molecular weight excluding hydrogens is 528 g/mol. The van der Waals surface area contributed by atoms with E-state index in [1.165, 1.54) is 0 Å². The van der Waals surface area contributed by atoms with E-state index in [0.717, 1.165) is 36.4 Å². The molecule has 0 unspecified atom stereocenters. The van der Waals surface area contributed by atoms with E-state index >= 15 is 0 Å². The van der Waals surface area contributed by atoms with Crippen molar-refractivity contribution in [1.82, 2.24) is 0 Å². The summed E-state index contributed by atoms with van der Waals surface area (Å²) in [6.45, 7) is 11.0. The van der Waals surface area contributed by atoms with Crippen molar-refractivity contribution in [3.8, 4) is 23.0 Å². The monoisotopic (exact) mass is 554 g/mol. The summed E-state index contributed by atoms with van der Waals surface area (Å²) in [4.78, 5) is 42.6. The molecule has 0 fully saturated rings. The summed E-state index contributed by atoms with van der Waals surface area (Å²) in [6, 6.07) is 9.28. The molecule has 0 N–H and O–H groups in total. The molecule has 210 valence electrons. The lowest BCUT2D eigenvalue weighted by Gasteiger charge is -2.29. The minimum absolute atomic E-state index is 0.208. The summed E-state index contributed by atoms with van der Waals surface area (Å²) in [5, 5.41) is 45.7. The maximum atomic E-state index is 11.7. The van der Waals surface area contributed by atoms with E-state index in [1.807, 2.05) is 41.5 Å². The van der Waals surface area contributed by atoms with Crippen LogP contribution in [-0.4, -0.2) is 19.7 Å². The molecule has 0 aliphatic heterocycles. The van der Waals surface area contributed by atoms with Gasteiger partial charge in [0.15, 0.2) is 0 Å². The summed E-state index contributed by atoms with van der Waals surface area (Å²) in [5.41, 5.74) is -2.42. The van der Waals surface area contributed by atoms with Gasteiger partial charge in [-0.1, -0.05) is 41.5 Å². The first-order valence-corrected chi connectivity index (χ1v) is 11.8. The molecule has 3 rings (SSSR count). The lowest BCUT2D eigenvalue weighted by atomic mass is 9.81. The van der Waals surface area contributed by atoms with Gasteiger partial charge in [0.05, 0.1) is 31.8 Å². The average molecular weight is 555 g/mol. The van der Waals surface area contributed by atoms with Crippen molar-refractivity contribution in [2.24, 2.45) is 0 Å². The highest BCUT2D eigenvalue weighted by Crippen LogP contribution is 2.46. The molecule has 0 saturated heterocycles. The lowest BCUT2D eigenvalue weighted by Crippen LogP contribution is -2.17. The Morgan fingerprint density at radius 2 is 0.825 bits per heavy atom. The van der Waals surface area contributed by atoms with Gasteiger partial charge >= 0.3 is 11.4 Å². The molecule has 14 heteroatoms. The largest absolute Gasteiger partial charge is 0.450 e. The van der Waals surface area contributed by atoms with E-state index in [9.17, 15) is 40.5 Å². The van der Waals surface area contributed by atoms with Gasteiger partial charge in [-0.15, -0.1) is 0 Å². The Labute approximate surface area is 227 Å². The van der Waals surface area contributed by atoms with E-state index in [1.54, 1.807) is 12.1 Å². The van der Waals surface area contributed by atoms with Crippen LogP contribution in [0.1, 0.15) is 52.7 Å². The third-order valence-electron chi connectivity index (χ3n) is 5.84. The Morgan fingerprint density at radius 3 is 1.07 bits per heavy atom. The zero-order valence-corrected chi connectivity index (χ0v) is 22.5. The van der Waals surface area contributed by atoms with Crippen LogP contribution in [0.25, 0.3) is 0 Å². The molecule has 0 aliphatic carbocycles. The maximum Gasteiger partial charge on any atom is 0.318 e. The van der Waals surface area contributed by atoms with Crippen molar-refractivity contribution in [2.45, 2.75) is 52.4 Å². The highest BCUT2D eigenvalue weighted by molar-refractivity contribution is 5.60. The van der Waals surface area contributed by atoms with E-state index in [0.29, 0.717) is 11.1 Å². The highest BCUT2D eigenvalue weighted by atomic mass is 16.6. The Hall–Kier alpha value is -5.14. The Bertz CT molecular complexity index is 1420. The fourth-order valence-corrected chi connectivity index (χ4v) is 3.83. The van der Waals surface area contributed by atoms with Gasteiger partial charge in [-0.3, -0.25) is 40.5 Å². The molecule has 14 nitrogen and oxygen atoms in total. The predicted molar refractivity (Wildman–Crippen MR) is 143 cm³/mol. The summed E-state index contributed by atoms with van der Waals surface area (Å²) >= 11 is 0. The number of nitro benzene ring substituents is 4. The van der Waals surface area contributed by atoms with Crippen LogP contribution in [0.4, 0.5) is 22.7 Å². The number of benzene rings is 3. The van der Waals surface area contributed by atoms with Crippen LogP contribution in [0.15, 0.2) is 48.5 Å². The maximum absolute atomic E-state index is 11.7. The molecule has 40 heavy (non-hydrogen) atoms. The molecule has 3 aromatic carbocycles. The minimum Gasteiger partial charge on any atom is -0.450 e. The van der Waals surface area contributed by atoms with Crippen LogP contribution >= 0.6 is 0 Å². The molecule has 3 aromatic rings. The van der Waals surface area contributed by atoms with Crippen molar-refractivity contribution in [3.05, 3.63) is 100 Å². The number of rotatable bonds is 8. The summed E-state index contributed by atoms with van der Waals surface area (Å²) in [6.07, 6.45) is 0.